The van der Waals surface area contributed by atoms with Gasteiger partial charge in [0.15, 0.2) is 0 Å². The number of carbonyl (C=O) groups excluding carboxylic acids is 1. The van der Waals surface area contributed by atoms with E-state index in [1.165, 1.54) is 15.6 Å². The third kappa shape index (κ3) is 2.86. The van der Waals surface area contributed by atoms with Gasteiger partial charge in [-0.25, -0.2) is 8.42 Å². The normalized spacial score (nSPS) is 23.4. The van der Waals surface area contributed by atoms with Gasteiger partial charge in [-0.2, -0.15) is 4.31 Å². The molecule has 0 bridgehead atoms. The Morgan fingerprint density at radius 1 is 1.33 bits per heavy atom. The Labute approximate surface area is 129 Å². The Bertz CT molecular complexity index is 662. The molecule has 116 valence electrons. The second-order valence-corrected chi connectivity index (χ2v) is 9.15. The first kappa shape index (κ1) is 15.0. The summed E-state index contributed by atoms with van der Waals surface area (Å²) >= 11 is 1.48. The Kier molecular flexibility index (Phi) is 3.83. The first-order chi connectivity index (χ1) is 9.89. The molecule has 7 heteroatoms. The molecule has 5 nitrogen and oxygen atoms in total. The third-order valence-corrected chi connectivity index (χ3v) is 7.14. The van der Waals surface area contributed by atoms with Gasteiger partial charge in [-0.05, 0) is 45.6 Å². The molecule has 2 aliphatic rings. The van der Waals surface area contributed by atoms with Gasteiger partial charge in [0, 0.05) is 22.3 Å². The minimum atomic E-state index is -3.58. The van der Waals surface area contributed by atoms with Crippen molar-refractivity contribution in [2.24, 2.45) is 0 Å². The lowest BCUT2D eigenvalue weighted by atomic mass is 10.2. The van der Waals surface area contributed by atoms with Crippen LogP contribution in [0.4, 0.5) is 0 Å². The summed E-state index contributed by atoms with van der Waals surface area (Å²) in [5.41, 5.74) is 0. The second kappa shape index (κ2) is 5.37. The summed E-state index contributed by atoms with van der Waals surface area (Å²) in [6.07, 6.45) is 3.37. The molecule has 2 fully saturated rings. The van der Waals surface area contributed by atoms with Crippen LogP contribution in [-0.4, -0.2) is 37.3 Å². The van der Waals surface area contributed by atoms with E-state index in [9.17, 15) is 13.2 Å². The molecule has 21 heavy (non-hydrogen) atoms. The van der Waals surface area contributed by atoms with Gasteiger partial charge in [0.05, 0.1) is 4.90 Å². The molecule has 1 aliphatic carbocycles. The van der Waals surface area contributed by atoms with E-state index in [0.29, 0.717) is 17.9 Å². The maximum absolute atomic E-state index is 12.8. The van der Waals surface area contributed by atoms with E-state index >= 15 is 0 Å². The zero-order chi connectivity index (χ0) is 15.2. The highest BCUT2D eigenvalue weighted by Crippen LogP contribution is 2.32. The van der Waals surface area contributed by atoms with Crippen LogP contribution in [0.2, 0.25) is 0 Å². The van der Waals surface area contributed by atoms with Crippen LogP contribution in [0.1, 0.15) is 35.4 Å². The minimum absolute atomic E-state index is 0.136. The lowest BCUT2D eigenvalue weighted by Crippen LogP contribution is -2.46. The van der Waals surface area contributed by atoms with E-state index in [4.69, 9.17) is 0 Å². The third-order valence-electron chi connectivity index (χ3n) is 4.01. The number of hydrogen-bond donors (Lipinski definition) is 1. The molecule has 1 saturated carbocycles. The predicted octanol–water partition coefficient (Wildman–Crippen LogP) is 1.80. The zero-order valence-corrected chi connectivity index (χ0v) is 13.9. The number of carbonyl (C=O) groups is 1. The number of aryl methyl sites for hydroxylation is 2. The van der Waals surface area contributed by atoms with Crippen molar-refractivity contribution in [2.45, 2.75) is 56.5 Å². The number of amides is 1. The molecule has 0 aromatic carbocycles. The first-order valence-corrected chi connectivity index (χ1v) is 9.54. The van der Waals surface area contributed by atoms with Crippen molar-refractivity contribution in [3.8, 4) is 0 Å². The van der Waals surface area contributed by atoms with Gasteiger partial charge in [0.1, 0.15) is 6.04 Å². The van der Waals surface area contributed by atoms with Crippen molar-refractivity contribution < 1.29 is 13.2 Å². The van der Waals surface area contributed by atoms with Crippen LogP contribution < -0.4 is 5.32 Å². The highest BCUT2D eigenvalue weighted by molar-refractivity contribution is 7.89. The molecule has 1 amide bonds. The minimum Gasteiger partial charge on any atom is -0.352 e. The summed E-state index contributed by atoms with van der Waals surface area (Å²) in [5.74, 6) is -0.136. The first-order valence-electron chi connectivity index (χ1n) is 7.29. The summed E-state index contributed by atoms with van der Waals surface area (Å²) in [7, 11) is -3.58. The van der Waals surface area contributed by atoms with Gasteiger partial charge >= 0.3 is 0 Å². The summed E-state index contributed by atoms with van der Waals surface area (Å²) in [5, 5.41) is 2.93. The van der Waals surface area contributed by atoms with E-state index in [1.807, 2.05) is 13.8 Å². The molecular formula is C14H20N2O3S2. The van der Waals surface area contributed by atoms with E-state index in [0.717, 1.165) is 29.0 Å². The van der Waals surface area contributed by atoms with Crippen LogP contribution in [0, 0.1) is 13.8 Å². The second-order valence-electron chi connectivity index (χ2n) is 5.83. The summed E-state index contributed by atoms with van der Waals surface area (Å²) in [4.78, 5) is 14.4. The van der Waals surface area contributed by atoms with Gasteiger partial charge < -0.3 is 5.32 Å². The lowest BCUT2D eigenvalue weighted by Gasteiger charge is -2.23. The molecule has 1 N–H and O–H groups in total. The van der Waals surface area contributed by atoms with Crippen LogP contribution in [0.5, 0.6) is 0 Å². The van der Waals surface area contributed by atoms with Crippen LogP contribution in [0.15, 0.2) is 11.0 Å². The van der Waals surface area contributed by atoms with Gasteiger partial charge in [0.25, 0.3) is 0 Å². The standard InChI is InChI=1S/C14H20N2O3S2/c1-9-8-13(10(2)20-9)21(18,19)16-7-3-4-12(16)14(17)15-11-5-6-11/h8,11-12H,3-7H2,1-2H3,(H,15,17)/t12-/m1/s1. The number of hydrogen-bond acceptors (Lipinski definition) is 4. The SMILES string of the molecule is Cc1cc(S(=O)(=O)N2CCC[C@@H]2C(=O)NC2CC2)c(C)s1. The van der Waals surface area contributed by atoms with E-state index < -0.39 is 16.1 Å². The molecule has 1 saturated heterocycles. The summed E-state index contributed by atoms with van der Waals surface area (Å²) < 4.78 is 27.1. The molecule has 1 atom stereocenters. The number of nitrogens with one attached hydrogen (secondary N) is 1. The Morgan fingerprint density at radius 3 is 2.62 bits per heavy atom. The predicted molar refractivity (Wildman–Crippen MR) is 81.9 cm³/mol. The van der Waals surface area contributed by atoms with Gasteiger partial charge in [-0.1, -0.05) is 0 Å². The van der Waals surface area contributed by atoms with Gasteiger partial charge in [-0.3, -0.25) is 4.79 Å². The Morgan fingerprint density at radius 2 is 2.05 bits per heavy atom. The molecule has 1 aromatic rings. The fraction of sp³-hybridized carbons (Fsp3) is 0.643. The van der Waals surface area contributed by atoms with Crippen molar-refractivity contribution in [2.75, 3.05) is 6.54 Å². The Balaban J connectivity index is 1.86. The number of rotatable bonds is 4. The zero-order valence-electron chi connectivity index (χ0n) is 12.3. The smallest absolute Gasteiger partial charge is 0.244 e. The summed E-state index contributed by atoms with van der Waals surface area (Å²) in [6, 6.07) is 1.42. The molecule has 3 rings (SSSR count). The van der Waals surface area contributed by atoms with Crippen molar-refractivity contribution >= 4 is 27.3 Å². The van der Waals surface area contributed by atoms with E-state index in [-0.39, 0.29) is 11.9 Å². The van der Waals surface area contributed by atoms with Crippen molar-refractivity contribution in [1.29, 1.82) is 0 Å². The number of sulfonamides is 1. The fourth-order valence-corrected chi connectivity index (χ4v) is 5.99. The van der Waals surface area contributed by atoms with Crippen LogP contribution >= 0.6 is 11.3 Å². The molecule has 2 heterocycles. The highest BCUT2D eigenvalue weighted by Gasteiger charge is 2.41. The largest absolute Gasteiger partial charge is 0.352 e. The maximum Gasteiger partial charge on any atom is 0.244 e. The van der Waals surface area contributed by atoms with Crippen LogP contribution in [0.25, 0.3) is 0 Å². The van der Waals surface area contributed by atoms with Crippen molar-refractivity contribution in [1.82, 2.24) is 9.62 Å². The number of nitrogens with zero attached hydrogens (tertiary/aromatic N) is 1. The topological polar surface area (TPSA) is 66.5 Å². The molecular weight excluding hydrogens is 308 g/mol. The molecule has 0 unspecified atom stereocenters. The quantitative estimate of drug-likeness (QED) is 0.916. The lowest BCUT2D eigenvalue weighted by molar-refractivity contribution is -0.124. The average molecular weight is 328 g/mol. The van der Waals surface area contributed by atoms with Crippen molar-refractivity contribution in [3.05, 3.63) is 15.8 Å². The number of thiophene rings is 1. The molecule has 1 aliphatic heterocycles. The monoisotopic (exact) mass is 328 g/mol. The van der Waals surface area contributed by atoms with Crippen LogP contribution in [-0.2, 0) is 14.8 Å². The van der Waals surface area contributed by atoms with E-state index in [2.05, 4.69) is 5.32 Å². The average Bonchev–Trinajstić information content (AvgIpc) is 2.95. The maximum atomic E-state index is 12.8. The van der Waals surface area contributed by atoms with E-state index in [1.54, 1.807) is 6.07 Å². The molecule has 1 aromatic heterocycles. The summed E-state index contributed by atoms with van der Waals surface area (Å²) in [6.45, 7) is 4.15. The highest BCUT2D eigenvalue weighted by atomic mass is 32.2. The van der Waals surface area contributed by atoms with Gasteiger partial charge in [-0.15, -0.1) is 11.3 Å². The molecule has 0 radical (unpaired) electrons. The molecule has 0 spiro atoms. The van der Waals surface area contributed by atoms with Crippen LogP contribution in [0.3, 0.4) is 0 Å². The fourth-order valence-electron chi connectivity index (χ4n) is 2.80. The Hall–Kier alpha value is -0.920. The van der Waals surface area contributed by atoms with Gasteiger partial charge in [0.2, 0.25) is 15.9 Å². The van der Waals surface area contributed by atoms with Crippen molar-refractivity contribution in [3.63, 3.8) is 0 Å².